The SMILES string of the molecule is CCOC(=O)c1nc(Nc2ccccc2O[Si](C)(C)C(C)(C)C)nc(Nc2ccccc2OC)c1N. The third-order valence-electron chi connectivity index (χ3n) is 6.08. The lowest BCUT2D eigenvalue weighted by Gasteiger charge is -2.37. The molecule has 0 aliphatic rings. The molecule has 10 heteroatoms. The summed E-state index contributed by atoms with van der Waals surface area (Å²) in [5.74, 6) is 1.03. The Hall–Kier alpha value is -3.79. The summed E-state index contributed by atoms with van der Waals surface area (Å²) in [6.07, 6.45) is 0. The number of nitrogens with two attached hydrogens (primary N) is 1. The number of nitrogen functional groups attached to an aromatic ring is 1. The van der Waals surface area contributed by atoms with Crippen LogP contribution in [0, 0.1) is 0 Å². The molecule has 0 aliphatic heterocycles. The number of esters is 1. The minimum atomic E-state index is -2.12. The van der Waals surface area contributed by atoms with Crippen LogP contribution in [-0.4, -0.2) is 38.0 Å². The Morgan fingerprint density at radius 2 is 1.56 bits per heavy atom. The zero-order valence-corrected chi connectivity index (χ0v) is 22.9. The van der Waals surface area contributed by atoms with Crippen LogP contribution in [-0.2, 0) is 4.74 Å². The molecule has 36 heavy (non-hydrogen) atoms. The summed E-state index contributed by atoms with van der Waals surface area (Å²) in [6, 6.07) is 14.9. The number of benzene rings is 2. The first kappa shape index (κ1) is 26.8. The number of hydrogen-bond donors (Lipinski definition) is 3. The number of aromatic nitrogens is 2. The molecule has 4 N–H and O–H groups in total. The highest BCUT2D eigenvalue weighted by Crippen LogP contribution is 2.40. The van der Waals surface area contributed by atoms with Crippen LogP contribution in [0.3, 0.4) is 0 Å². The minimum Gasteiger partial charge on any atom is -0.542 e. The van der Waals surface area contributed by atoms with Crippen LogP contribution in [0.2, 0.25) is 18.1 Å². The van der Waals surface area contributed by atoms with Crippen LogP contribution in [0.5, 0.6) is 11.5 Å². The van der Waals surface area contributed by atoms with Crippen molar-refractivity contribution in [2.45, 2.75) is 45.8 Å². The first-order valence-corrected chi connectivity index (χ1v) is 14.7. The van der Waals surface area contributed by atoms with E-state index in [1.807, 2.05) is 42.5 Å². The molecule has 1 heterocycles. The molecule has 0 aliphatic carbocycles. The summed E-state index contributed by atoms with van der Waals surface area (Å²) in [4.78, 5) is 21.6. The first-order chi connectivity index (χ1) is 17.0. The number of nitrogens with zero attached hydrogens (tertiary/aromatic N) is 2. The minimum absolute atomic E-state index is 0.0146. The second-order valence-corrected chi connectivity index (χ2v) is 14.4. The largest absolute Gasteiger partial charge is 0.542 e. The van der Waals surface area contributed by atoms with Gasteiger partial charge in [0.15, 0.2) is 11.5 Å². The number of methoxy groups -OCH3 is 1. The zero-order valence-electron chi connectivity index (χ0n) is 21.9. The summed E-state index contributed by atoms with van der Waals surface area (Å²) in [5, 5.41) is 6.38. The number of carbonyl (C=O) groups excluding carboxylic acids is 1. The molecule has 0 atom stereocenters. The van der Waals surface area contributed by atoms with Gasteiger partial charge in [-0.05, 0) is 49.3 Å². The molecule has 192 valence electrons. The highest BCUT2D eigenvalue weighted by Gasteiger charge is 2.39. The number of carbonyl (C=O) groups is 1. The standard InChI is InChI=1S/C26H35N5O4Si/c1-8-34-24(32)22-21(27)23(28-17-13-9-11-15-19(17)33-5)31-25(30-22)29-18-14-10-12-16-20(18)35-36(6,7)26(2,3)4/h9-16H,8,27H2,1-7H3,(H2,28,29,30,31). The van der Waals surface area contributed by atoms with Gasteiger partial charge in [0.05, 0.1) is 25.1 Å². The van der Waals surface area contributed by atoms with E-state index in [2.05, 4.69) is 54.5 Å². The van der Waals surface area contributed by atoms with E-state index in [-0.39, 0.29) is 34.8 Å². The van der Waals surface area contributed by atoms with Gasteiger partial charge in [-0.1, -0.05) is 45.0 Å². The fourth-order valence-electron chi connectivity index (χ4n) is 3.06. The number of ether oxygens (including phenoxy) is 2. The molecule has 0 saturated carbocycles. The maximum absolute atomic E-state index is 12.7. The van der Waals surface area contributed by atoms with E-state index in [4.69, 9.17) is 19.6 Å². The number of nitrogens with one attached hydrogen (secondary N) is 2. The Kier molecular flexibility index (Phi) is 8.09. The van der Waals surface area contributed by atoms with E-state index in [9.17, 15) is 4.79 Å². The zero-order chi connectivity index (χ0) is 26.5. The van der Waals surface area contributed by atoms with Gasteiger partial charge >= 0.3 is 5.97 Å². The van der Waals surface area contributed by atoms with Crippen molar-refractivity contribution in [3.63, 3.8) is 0 Å². The van der Waals surface area contributed by atoms with E-state index in [1.165, 1.54) is 0 Å². The Morgan fingerprint density at radius 3 is 2.14 bits per heavy atom. The Labute approximate surface area is 213 Å². The van der Waals surface area contributed by atoms with Gasteiger partial charge in [0, 0.05) is 0 Å². The van der Waals surface area contributed by atoms with Gasteiger partial charge in [0.2, 0.25) is 5.95 Å². The Morgan fingerprint density at radius 1 is 0.972 bits per heavy atom. The van der Waals surface area contributed by atoms with E-state index in [1.54, 1.807) is 20.1 Å². The van der Waals surface area contributed by atoms with E-state index in [0.717, 1.165) is 0 Å². The molecule has 0 radical (unpaired) electrons. The molecular formula is C26H35N5O4Si. The summed E-state index contributed by atoms with van der Waals surface area (Å²) in [5.41, 5.74) is 7.62. The maximum atomic E-state index is 12.7. The lowest BCUT2D eigenvalue weighted by Crippen LogP contribution is -2.44. The lowest BCUT2D eigenvalue weighted by molar-refractivity contribution is 0.0521. The van der Waals surface area contributed by atoms with Crippen molar-refractivity contribution in [1.82, 2.24) is 9.97 Å². The predicted molar refractivity (Wildman–Crippen MR) is 146 cm³/mol. The van der Waals surface area contributed by atoms with Crippen molar-refractivity contribution in [3.8, 4) is 11.5 Å². The Bertz CT molecular complexity index is 1230. The summed E-state index contributed by atoms with van der Waals surface area (Å²) < 4.78 is 17.1. The van der Waals surface area contributed by atoms with Crippen molar-refractivity contribution in [1.29, 1.82) is 0 Å². The molecule has 2 aromatic carbocycles. The van der Waals surface area contributed by atoms with Crippen LogP contribution < -0.4 is 25.5 Å². The highest BCUT2D eigenvalue weighted by molar-refractivity contribution is 6.74. The topological polar surface area (TPSA) is 121 Å². The van der Waals surface area contributed by atoms with Gasteiger partial charge in [-0.15, -0.1) is 0 Å². The summed E-state index contributed by atoms with van der Waals surface area (Å²) in [6.45, 7) is 12.8. The molecule has 3 aromatic rings. The quantitative estimate of drug-likeness (QED) is 0.231. The van der Waals surface area contributed by atoms with Crippen LogP contribution in [0.15, 0.2) is 48.5 Å². The van der Waals surface area contributed by atoms with Gasteiger partial charge in [-0.25, -0.2) is 9.78 Å². The van der Waals surface area contributed by atoms with Crippen LogP contribution >= 0.6 is 0 Å². The third-order valence-corrected chi connectivity index (χ3v) is 10.4. The second kappa shape index (κ2) is 10.9. The van der Waals surface area contributed by atoms with Crippen molar-refractivity contribution >= 4 is 43.1 Å². The van der Waals surface area contributed by atoms with Gasteiger partial charge in [-0.2, -0.15) is 4.98 Å². The fourth-order valence-corrected chi connectivity index (χ4v) is 4.09. The monoisotopic (exact) mass is 509 g/mol. The fraction of sp³-hybridized carbons (Fsp3) is 0.346. The number of para-hydroxylation sites is 4. The number of hydrogen-bond acceptors (Lipinski definition) is 9. The molecule has 0 saturated heterocycles. The van der Waals surface area contributed by atoms with E-state index < -0.39 is 14.3 Å². The Balaban J connectivity index is 2.04. The van der Waals surface area contributed by atoms with Crippen LogP contribution in [0.1, 0.15) is 38.2 Å². The average molecular weight is 510 g/mol. The molecule has 9 nitrogen and oxygen atoms in total. The molecule has 0 fully saturated rings. The van der Waals surface area contributed by atoms with Crippen molar-refractivity contribution < 1.29 is 18.7 Å². The lowest BCUT2D eigenvalue weighted by atomic mass is 10.2. The van der Waals surface area contributed by atoms with Gasteiger partial charge in [0.1, 0.15) is 17.2 Å². The van der Waals surface area contributed by atoms with E-state index in [0.29, 0.717) is 22.9 Å². The number of anilines is 5. The predicted octanol–water partition coefficient (Wildman–Crippen LogP) is 6.12. The molecule has 3 rings (SSSR count). The molecule has 0 unspecified atom stereocenters. The molecular weight excluding hydrogens is 474 g/mol. The van der Waals surface area contributed by atoms with Crippen LogP contribution in [0.25, 0.3) is 0 Å². The average Bonchev–Trinajstić information content (AvgIpc) is 2.82. The highest BCUT2D eigenvalue weighted by atomic mass is 28.4. The normalized spacial score (nSPS) is 11.5. The summed E-state index contributed by atoms with van der Waals surface area (Å²) in [7, 11) is -0.547. The molecule has 0 spiro atoms. The second-order valence-electron chi connectivity index (χ2n) is 9.69. The smallest absolute Gasteiger partial charge is 0.359 e. The third kappa shape index (κ3) is 6.06. The molecule has 0 bridgehead atoms. The maximum Gasteiger partial charge on any atom is 0.359 e. The first-order valence-electron chi connectivity index (χ1n) is 11.8. The van der Waals surface area contributed by atoms with Gasteiger partial charge < -0.3 is 30.3 Å². The molecule has 0 amide bonds. The van der Waals surface area contributed by atoms with Gasteiger partial charge in [-0.3, -0.25) is 0 Å². The summed E-state index contributed by atoms with van der Waals surface area (Å²) >= 11 is 0. The van der Waals surface area contributed by atoms with Crippen molar-refractivity contribution in [2.24, 2.45) is 0 Å². The van der Waals surface area contributed by atoms with Crippen LogP contribution in [0.4, 0.5) is 28.8 Å². The van der Waals surface area contributed by atoms with E-state index >= 15 is 0 Å². The number of rotatable bonds is 9. The van der Waals surface area contributed by atoms with Gasteiger partial charge in [0.25, 0.3) is 8.32 Å². The van der Waals surface area contributed by atoms with Crippen molar-refractivity contribution in [3.05, 3.63) is 54.2 Å². The molecule has 1 aromatic heterocycles. The van der Waals surface area contributed by atoms with Crippen molar-refractivity contribution in [2.75, 3.05) is 30.1 Å².